The fourth-order valence-corrected chi connectivity index (χ4v) is 4.61. The van der Waals surface area contributed by atoms with Gasteiger partial charge < -0.3 is 10.0 Å². The van der Waals surface area contributed by atoms with Gasteiger partial charge in [-0.15, -0.1) is 0 Å². The van der Waals surface area contributed by atoms with E-state index in [0.717, 1.165) is 45.2 Å². The lowest BCUT2D eigenvalue weighted by molar-refractivity contribution is -0.000325. The summed E-state index contributed by atoms with van der Waals surface area (Å²) < 4.78 is 27.5. The van der Waals surface area contributed by atoms with E-state index in [2.05, 4.69) is 28.5 Å². The molecule has 2 saturated heterocycles. The zero-order chi connectivity index (χ0) is 19.4. The van der Waals surface area contributed by atoms with Gasteiger partial charge in [-0.2, -0.15) is 0 Å². The summed E-state index contributed by atoms with van der Waals surface area (Å²) >= 11 is 0. The van der Waals surface area contributed by atoms with Gasteiger partial charge in [0.2, 0.25) is 0 Å². The molecule has 2 aliphatic rings. The van der Waals surface area contributed by atoms with Crippen LogP contribution in [0.1, 0.15) is 38.7 Å². The van der Waals surface area contributed by atoms with Crippen molar-refractivity contribution in [2.75, 3.05) is 39.3 Å². The quantitative estimate of drug-likeness (QED) is 0.821. The van der Waals surface area contributed by atoms with E-state index in [-0.39, 0.29) is 12.6 Å². The Balaban J connectivity index is 1.61. The molecule has 3 rings (SSSR count). The topological polar surface area (TPSA) is 30.0 Å². The monoisotopic (exact) mass is 381 g/mol. The van der Waals surface area contributed by atoms with Gasteiger partial charge in [-0.3, -0.25) is 9.80 Å². The van der Waals surface area contributed by atoms with Gasteiger partial charge >= 0.3 is 0 Å². The molecule has 1 aromatic carbocycles. The minimum absolute atomic E-state index is 0.161. The van der Waals surface area contributed by atoms with Crippen LogP contribution >= 0.6 is 0 Å². The number of halogens is 2. The summed E-state index contributed by atoms with van der Waals surface area (Å²) in [6.07, 6.45) is 3.06. The van der Waals surface area contributed by atoms with Crippen LogP contribution < -0.4 is 0 Å². The molecule has 0 amide bonds. The highest BCUT2D eigenvalue weighted by molar-refractivity contribution is 5.19. The SMILES string of the molecule is CC(C)N1CCC(N2CCN(Cc3cccc(F)c3F)C[C@@H]2CCO)CC1. The first-order valence-corrected chi connectivity index (χ1v) is 10.3. The van der Waals surface area contributed by atoms with Crippen LogP contribution in [0.3, 0.4) is 0 Å². The fourth-order valence-electron chi connectivity index (χ4n) is 4.61. The van der Waals surface area contributed by atoms with Gasteiger partial charge in [0, 0.05) is 56.5 Å². The molecule has 6 heteroatoms. The number of hydrogen-bond acceptors (Lipinski definition) is 4. The smallest absolute Gasteiger partial charge is 0.163 e. The number of rotatable bonds is 6. The van der Waals surface area contributed by atoms with E-state index in [1.807, 2.05) is 0 Å². The number of likely N-dealkylation sites (tertiary alicyclic amines) is 1. The van der Waals surface area contributed by atoms with Crippen LogP contribution in [0.5, 0.6) is 0 Å². The molecule has 0 saturated carbocycles. The van der Waals surface area contributed by atoms with Gasteiger partial charge in [0.05, 0.1) is 0 Å². The predicted octanol–water partition coefficient (Wildman–Crippen LogP) is 2.71. The zero-order valence-electron chi connectivity index (χ0n) is 16.6. The average molecular weight is 382 g/mol. The fraction of sp³-hybridized carbons (Fsp3) is 0.714. The first-order chi connectivity index (χ1) is 13.0. The van der Waals surface area contributed by atoms with Crippen molar-refractivity contribution in [2.24, 2.45) is 0 Å². The van der Waals surface area contributed by atoms with Crippen molar-refractivity contribution in [2.45, 2.75) is 57.8 Å². The Morgan fingerprint density at radius 3 is 2.52 bits per heavy atom. The lowest BCUT2D eigenvalue weighted by Gasteiger charge is -2.48. The summed E-state index contributed by atoms with van der Waals surface area (Å²) in [4.78, 5) is 7.28. The third-order valence-corrected chi connectivity index (χ3v) is 6.20. The molecule has 27 heavy (non-hydrogen) atoms. The number of hydrogen-bond donors (Lipinski definition) is 1. The molecule has 4 nitrogen and oxygen atoms in total. The lowest BCUT2D eigenvalue weighted by atomic mass is 9.97. The molecule has 0 unspecified atom stereocenters. The van der Waals surface area contributed by atoms with Crippen LogP contribution in [-0.2, 0) is 6.54 Å². The van der Waals surface area contributed by atoms with E-state index in [4.69, 9.17) is 0 Å². The summed E-state index contributed by atoms with van der Waals surface area (Å²) in [6, 6.07) is 5.82. The van der Waals surface area contributed by atoms with Crippen molar-refractivity contribution in [1.29, 1.82) is 0 Å². The van der Waals surface area contributed by atoms with Gasteiger partial charge in [0.1, 0.15) is 0 Å². The van der Waals surface area contributed by atoms with Crippen LogP contribution in [0.15, 0.2) is 18.2 Å². The molecule has 1 atom stereocenters. The maximum atomic E-state index is 14.0. The van der Waals surface area contributed by atoms with Crippen molar-refractivity contribution in [3.63, 3.8) is 0 Å². The summed E-state index contributed by atoms with van der Waals surface area (Å²) in [7, 11) is 0. The van der Waals surface area contributed by atoms with Crippen LogP contribution in [0.4, 0.5) is 8.78 Å². The molecule has 1 aromatic rings. The Bertz CT molecular complexity index is 605. The predicted molar refractivity (Wildman–Crippen MR) is 104 cm³/mol. The Morgan fingerprint density at radius 2 is 1.85 bits per heavy atom. The summed E-state index contributed by atoms with van der Waals surface area (Å²) in [6.45, 7) is 9.90. The number of aliphatic hydroxyl groups is 1. The molecule has 152 valence electrons. The molecular formula is C21H33F2N3O. The standard InChI is InChI=1S/C21H33F2N3O/c1-16(2)25-9-6-18(7-10-25)26-12-11-24(15-19(26)8-13-27)14-17-4-3-5-20(22)21(17)23/h3-5,16,18-19,27H,6-15H2,1-2H3/t19-/m0/s1. The Kier molecular flexibility index (Phi) is 7.20. The number of aliphatic hydroxyl groups excluding tert-OH is 1. The number of nitrogens with zero attached hydrogens (tertiary/aromatic N) is 3. The molecule has 0 radical (unpaired) electrons. The van der Waals surface area contributed by atoms with Crippen molar-refractivity contribution in [3.8, 4) is 0 Å². The molecule has 2 fully saturated rings. The van der Waals surface area contributed by atoms with Crippen LogP contribution in [0, 0.1) is 11.6 Å². The molecule has 0 aliphatic carbocycles. The minimum atomic E-state index is -0.782. The molecule has 2 heterocycles. The third kappa shape index (κ3) is 5.05. The van der Waals surface area contributed by atoms with Gasteiger partial charge in [-0.25, -0.2) is 8.78 Å². The van der Waals surface area contributed by atoms with Crippen molar-refractivity contribution >= 4 is 0 Å². The van der Waals surface area contributed by atoms with Gasteiger partial charge in [-0.05, 0) is 52.3 Å². The molecule has 0 aromatic heterocycles. The second-order valence-corrected chi connectivity index (χ2v) is 8.21. The van der Waals surface area contributed by atoms with Crippen molar-refractivity contribution < 1.29 is 13.9 Å². The summed E-state index contributed by atoms with van der Waals surface area (Å²) in [5.74, 6) is -1.52. The van der Waals surface area contributed by atoms with Crippen LogP contribution in [-0.4, -0.2) is 77.3 Å². The minimum Gasteiger partial charge on any atom is -0.396 e. The normalized spacial score (nSPS) is 24.0. The Morgan fingerprint density at radius 1 is 1.11 bits per heavy atom. The van der Waals surface area contributed by atoms with E-state index in [1.54, 1.807) is 12.1 Å². The van der Waals surface area contributed by atoms with Crippen molar-refractivity contribution in [1.82, 2.24) is 14.7 Å². The second kappa shape index (κ2) is 9.41. The van der Waals surface area contributed by atoms with Crippen molar-refractivity contribution in [3.05, 3.63) is 35.4 Å². The maximum absolute atomic E-state index is 14.0. The van der Waals surface area contributed by atoms with Gasteiger partial charge in [0.25, 0.3) is 0 Å². The summed E-state index contributed by atoms with van der Waals surface area (Å²) in [5, 5.41) is 9.54. The highest BCUT2D eigenvalue weighted by Gasteiger charge is 2.34. The van der Waals surface area contributed by atoms with Crippen LogP contribution in [0.2, 0.25) is 0 Å². The highest BCUT2D eigenvalue weighted by atomic mass is 19.2. The van der Waals surface area contributed by atoms with Gasteiger partial charge in [-0.1, -0.05) is 12.1 Å². The summed E-state index contributed by atoms with van der Waals surface area (Å²) in [5.41, 5.74) is 0.413. The second-order valence-electron chi connectivity index (χ2n) is 8.21. The Labute approximate surface area is 161 Å². The van der Waals surface area contributed by atoms with E-state index >= 15 is 0 Å². The first-order valence-electron chi connectivity index (χ1n) is 10.3. The maximum Gasteiger partial charge on any atom is 0.163 e. The van der Waals surface area contributed by atoms with E-state index in [0.29, 0.717) is 24.2 Å². The van der Waals surface area contributed by atoms with Crippen LogP contribution in [0.25, 0.3) is 0 Å². The third-order valence-electron chi connectivity index (χ3n) is 6.20. The van der Waals surface area contributed by atoms with Gasteiger partial charge in [0.15, 0.2) is 11.6 Å². The van der Waals surface area contributed by atoms with E-state index in [1.165, 1.54) is 12.8 Å². The molecular weight excluding hydrogens is 348 g/mol. The zero-order valence-corrected chi connectivity index (χ0v) is 16.6. The largest absolute Gasteiger partial charge is 0.396 e. The highest BCUT2D eigenvalue weighted by Crippen LogP contribution is 2.25. The Hall–Kier alpha value is -1.08. The first kappa shape index (κ1) is 20.6. The molecule has 1 N–H and O–H groups in total. The number of piperidine rings is 1. The van der Waals surface area contributed by atoms with E-state index in [9.17, 15) is 13.9 Å². The molecule has 0 bridgehead atoms. The number of benzene rings is 1. The molecule has 0 spiro atoms. The average Bonchev–Trinajstić information content (AvgIpc) is 2.66. The molecule has 2 aliphatic heterocycles. The number of piperazine rings is 1. The van der Waals surface area contributed by atoms with E-state index < -0.39 is 11.6 Å². The lowest BCUT2D eigenvalue weighted by Crippen LogP contribution is -2.58.